The third-order valence-electron chi connectivity index (χ3n) is 4.34. The number of esters is 3. The molecule has 2 aromatic carbocycles. The van der Waals surface area contributed by atoms with Crippen LogP contribution >= 0.6 is 0 Å². The van der Waals surface area contributed by atoms with Crippen LogP contribution in [-0.2, 0) is 14.3 Å². The van der Waals surface area contributed by atoms with E-state index in [1.54, 1.807) is 61.5 Å². The Morgan fingerprint density at radius 1 is 0.806 bits per heavy atom. The maximum absolute atomic E-state index is 12.0. The van der Waals surface area contributed by atoms with Gasteiger partial charge in [-0.1, -0.05) is 38.3 Å². The normalized spacial score (nSPS) is 10.6. The molecule has 164 valence electrons. The molecule has 0 atom stereocenters. The lowest BCUT2D eigenvalue weighted by molar-refractivity contribution is -0.134. The highest BCUT2D eigenvalue weighted by Crippen LogP contribution is 2.19. The number of rotatable bonds is 11. The van der Waals surface area contributed by atoms with Gasteiger partial charge in [-0.2, -0.15) is 0 Å². The molecule has 0 aliphatic heterocycles. The first-order valence-corrected chi connectivity index (χ1v) is 10.5. The first kappa shape index (κ1) is 23.9. The number of hydrogen-bond donors (Lipinski definition) is 0. The van der Waals surface area contributed by atoms with Gasteiger partial charge in [-0.25, -0.2) is 9.59 Å². The van der Waals surface area contributed by atoms with Crippen LogP contribution in [-0.4, -0.2) is 24.5 Å². The molecule has 0 aromatic heterocycles. The van der Waals surface area contributed by atoms with E-state index in [-0.39, 0.29) is 11.9 Å². The van der Waals surface area contributed by atoms with Crippen LogP contribution in [0.15, 0.2) is 54.6 Å². The van der Waals surface area contributed by atoms with Gasteiger partial charge in [0, 0.05) is 12.5 Å². The molecular formula is C25H28O6. The Kier molecular flexibility index (Phi) is 10.0. The Bertz CT molecular complexity index is 881. The van der Waals surface area contributed by atoms with Crippen LogP contribution in [0.4, 0.5) is 0 Å². The van der Waals surface area contributed by atoms with E-state index in [9.17, 15) is 14.4 Å². The molecule has 0 radical (unpaired) electrons. The summed E-state index contributed by atoms with van der Waals surface area (Å²) in [6.45, 7) is 4.18. The van der Waals surface area contributed by atoms with Gasteiger partial charge in [0.25, 0.3) is 0 Å². The van der Waals surface area contributed by atoms with Crippen molar-refractivity contribution in [1.82, 2.24) is 0 Å². The van der Waals surface area contributed by atoms with Crippen LogP contribution in [0.3, 0.4) is 0 Å². The largest absolute Gasteiger partial charge is 0.462 e. The van der Waals surface area contributed by atoms with Gasteiger partial charge in [0.2, 0.25) is 0 Å². The third-order valence-corrected chi connectivity index (χ3v) is 4.34. The predicted octanol–water partition coefficient (Wildman–Crippen LogP) is 5.36. The van der Waals surface area contributed by atoms with E-state index in [4.69, 9.17) is 14.2 Å². The number of carbonyl (C=O) groups is 3. The zero-order valence-corrected chi connectivity index (χ0v) is 18.0. The Morgan fingerprint density at radius 3 is 2.06 bits per heavy atom. The molecule has 6 heteroatoms. The maximum atomic E-state index is 12.0. The minimum Gasteiger partial charge on any atom is -0.462 e. The summed E-state index contributed by atoms with van der Waals surface area (Å²) in [6.07, 6.45) is 7.34. The van der Waals surface area contributed by atoms with Crippen molar-refractivity contribution >= 4 is 24.0 Å². The predicted molar refractivity (Wildman–Crippen MR) is 118 cm³/mol. The van der Waals surface area contributed by atoms with E-state index < -0.39 is 5.97 Å². The first-order chi connectivity index (χ1) is 15.0. The quantitative estimate of drug-likeness (QED) is 0.209. The van der Waals surface area contributed by atoms with Crippen molar-refractivity contribution in [3.05, 3.63) is 65.7 Å². The fraction of sp³-hybridized carbons (Fsp3) is 0.320. The zero-order chi connectivity index (χ0) is 22.5. The highest BCUT2D eigenvalue weighted by atomic mass is 16.5. The minimum atomic E-state index is -0.546. The van der Waals surface area contributed by atoms with E-state index in [1.807, 2.05) is 0 Å². The molecule has 0 aliphatic carbocycles. The zero-order valence-electron chi connectivity index (χ0n) is 18.0. The monoisotopic (exact) mass is 424 g/mol. The molecule has 0 spiro atoms. The molecule has 0 heterocycles. The van der Waals surface area contributed by atoms with Gasteiger partial charge < -0.3 is 14.2 Å². The van der Waals surface area contributed by atoms with E-state index in [0.29, 0.717) is 30.1 Å². The number of unbranched alkanes of at least 4 members (excludes halogenated alkanes) is 3. The molecule has 31 heavy (non-hydrogen) atoms. The summed E-state index contributed by atoms with van der Waals surface area (Å²) < 4.78 is 15.4. The summed E-state index contributed by atoms with van der Waals surface area (Å²) in [5, 5.41) is 0. The smallest absolute Gasteiger partial charge is 0.338 e. The fourth-order valence-electron chi connectivity index (χ4n) is 2.71. The number of ether oxygens (including phenoxy) is 3. The average Bonchev–Trinajstić information content (AvgIpc) is 2.77. The van der Waals surface area contributed by atoms with Gasteiger partial charge in [-0.15, -0.1) is 0 Å². The maximum Gasteiger partial charge on any atom is 0.338 e. The van der Waals surface area contributed by atoms with E-state index in [0.717, 1.165) is 31.2 Å². The van der Waals surface area contributed by atoms with Crippen molar-refractivity contribution in [2.75, 3.05) is 6.61 Å². The van der Waals surface area contributed by atoms with Crippen molar-refractivity contribution in [2.24, 2.45) is 0 Å². The summed E-state index contributed by atoms with van der Waals surface area (Å²) in [5.74, 6) is -0.441. The molecule has 0 fully saturated rings. The third kappa shape index (κ3) is 8.86. The van der Waals surface area contributed by atoms with Crippen LogP contribution in [0, 0.1) is 0 Å². The molecule has 0 saturated carbocycles. The second-order valence-electron chi connectivity index (χ2n) is 6.85. The van der Waals surface area contributed by atoms with Crippen molar-refractivity contribution in [3.63, 3.8) is 0 Å². The molecule has 2 rings (SSSR count). The molecule has 0 saturated heterocycles. The second-order valence-corrected chi connectivity index (χ2v) is 6.85. The van der Waals surface area contributed by atoms with Gasteiger partial charge in [0.05, 0.1) is 12.2 Å². The minimum absolute atomic E-state index is 0.266. The Labute approximate surface area is 182 Å². The molecule has 2 aromatic rings. The standard InChI is InChI=1S/C25H28O6/c1-3-5-6-7-8-23(26)30-21-14-16-22(17-15-21)31-24(27)18-11-19-9-12-20(13-10-19)25(28)29-4-2/h9-18H,3-8H2,1-2H3. The Morgan fingerprint density at radius 2 is 1.45 bits per heavy atom. The summed E-state index contributed by atoms with van der Waals surface area (Å²) in [6, 6.07) is 13.0. The SMILES string of the molecule is CCCCCCC(=O)Oc1ccc(OC(=O)C=Cc2ccc(C(=O)OCC)cc2)cc1. The Hall–Kier alpha value is -3.41. The molecule has 0 amide bonds. The van der Waals surface area contributed by atoms with Crippen LogP contribution < -0.4 is 9.47 Å². The van der Waals surface area contributed by atoms with Gasteiger partial charge >= 0.3 is 17.9 Å². The van der Waals surface area contributed by atoms with Gasteiger partial charge in [-0.3, -0.25) is 4.79 Å². The first-order valence-electron chi connectivity index (χ1n) is 10.5. The van der Waals surface area contributed by atoms with Gasteiger partial charge in [0.1, 0.15) is 11.5 Å². The highest BCUT2D eigenvalue weighted by molar-refractivity contribution is 5.91. The van der Waals surface area contributed by atoms with Crippen molar-refractivity contribution in [2.45, 2.75) is 46.0 Å². The fourth-order valence-corrected chi connectivity index (χ4v) is 2.71. The lowest BCUT2D eigenvalue weighted by atomic mass is 10.1. The molecule has 0 aliphatic rings. The van der Waals surface area contributed by atoms with Crippen LogP contribution in [0.2, 0.25) is 0 Å². The van der Waals surface area contributed by atoms with Crippen LogP contribution in [0.1, 0.15) is 61.9 Å². The number of hydrogen-bond acceptors (Lipinski definition) is 6. The molecule has 0 unspecified atom stereocenters. The van der Waals surface area contributed by atoms with Crippen molar-refractivity contribution in [3.8, 4) is 11.5 Å². The summed E-state index contributed by atoms with van der Waals surface area (Å²) in [5.41, 5.74) is 1.19. The lowest BCUT2D eigenvalue weighted by Gasteiger charge is -2.06. The van der Waals surface area contributed by atoms with E-state index in [1.165, 1.54) is 6.08 Å². The van der Waals surface area contributed by atoms with E-state index in [2.05, 4.69) is 6.92 Å². The number of carbonyl (C=O) groups excluding carboxylic acids is 3. The van der Waals surface area contributed by atoms with Gasteiger partial charge in [0.15, 0.2) is 0 Å². The van der Waals surface area contributed by atoms with Crippen LogP contribution in [0.5, 0.6) is 11.5 Å². The summed E-state index contributed by atoms with van der Waals surface area (Å²) in [4.78, 5) is 35.5. The molecule has 0 bridgehead atoms. The average molecular weight is 424 g/mol. The Balaban J connectivity index is 1.81. The van der Waals surface area contributed by atoms with Crippen LogP contribution in [0.25, 0.3) is 6.08 Å². The number of benzene rings is 2. The summed E-state index contributed by atoms with van der Waals surface area (Å²) in [7, 11) is 0. The topological polar surface area (TPSA) is 78.9 Å². The molecule has 6 nitrogen and oxygen atoms in total. The van der Waals surface area contributed by atoms with E-state index >= 15 is 0 Å². The summed E-state index contributed by atoms with van der Waals surface area (Å²) >= 11 is 0. The van der Waals surface area contributed by atoms with Gasteiger partial charge in [-0.05, 0) is 61.4 Å². The lowest BCUT2D eigenvalue weighted by Crippen LogP contribution is -2.08. The van der Waals surface area contributed by atoms with Crippen molar-refractivity contribution < 1.29 is 28.6 Å². The second kappa shape index (κ2) is 13.0. The molecular weight excluding hydrogens is 396 g/mol. The van der Waals surface area contributed by atoms with Crippen molar-refractivity contribution in [1.29, 1.82) is 0 Å². The highest BCUT2D eigenvalue weighted by Gasteiger charge is 2.07. The molecule has 0 N–H and O–H groups in total.